The number of carbonyl (C=O) groups is 2. The van der Waals surface area contributed by atoms with Crippen molar-refractivity contribution in [2.75, 3.05) is 4.90 Å². The van der Waals surface area contributed by atoms with Crippen molar-refractivity contribution in [1.29, 1.82) is 0 Å². The molecule has 3 fully saturated rings. The van der Waals surface area contributed by atoms with Gasteiger partial charge >= 0.3 is 7.12 Å². The van der Waals surface area contributed by atoms with E-state index in [1.54, 1.807) is 0 Å². The van der Waals surface area contributed by atoms with Gasteiger partial charge in [0.1, 0.15) is 0 Å². The van der Waals surface area contributed by atoms with Gasteiger partial charge in [0.2, 0.25) is 11.8 Å². The van der Waals surface area contributed by atoms with Gasteiger partial charge in [-0.15, -0.1) is 0 Å². The third-order valence-electron chi connectivity index (χ3n) is 7.15. The van der Waals surface area contributed by atoms with Gasteiger partial charge in [-0.25, -0.2) is 0 Å². The average molecular weight is 365 g/mol. The van der Waals surface area contributed by atoms with Crippen LogP contribution in [-0.2, 0) is 18.9 Å². The molecule has 2 unspecified atom stereocenters. The van der Waals surface area contributed by atoms with Crippen LogP contribution in [0.3, 0.4) is 0 Å². The summed E-state index contributed by atoms with van der Waals surface area (Å²) in [5, 5.41) is 0. The van der Waals surface area contributed by atoms with E-state index in [0.717, 1.165) is 11.9 Å². The monoisotopic (exact) mass is 365 g/mol. The minimum absolute atomic E-state index is 0.0507. The molecule has 1 aromatic rings. The summed E-state index contributed by atoms with van der Waals surface area (Å²) in [6, 6.07) is 7.43. The molecule has 2 aliphatic heterocycles. The summed E-state index contributed by atoms with van der Waals surface area (Å²) < 4.78 is 12.2. The van der Waals surface area contributed by atoms with Gasteiger partial charge in [0, 0.05) is 0 Å². The predicted octanol–water partition coefficient (Wildman–Crippen LogP) is 2.30. The number of hydrogen-bond donors (Lipinski definition) is 0. The van der Waals surface area contributed by atoms with Crippen molar-refractivity contribution < 1.29 is 18.9 Å². The second kappa shape index (κ2) is 5.33. The number of amides is 2. The second-order valence-corrected chi connectivity index (χ2v) is 9.19. The van der Waals surface area contributed by atoms with Crippen LogP contribution in [-0.4, -0.2) is 30.1 Å². The molecule has 2 bridgehead atoms. The fourth-order valence-electron chi connectivity index (χ4n) is 4.92. The topological polar surface area (TPSA) is 55.8 Å². The van der Waals surface area contributed by atoms with Gasteiger partial charge < -0.3 is 9.31 Å². The molecule has 2 aliphatic carbocycles. The smallest absolute Gasteiger partial charge is 0.399 e. The molecule has 27 heavy (non-hydrogen) atoms. The summed E-state index contributed by atoms with van der Waals surface area (Å²) in [6.45, 7) is 8.07. The third-order valence-corrected chi connectivity index (χ3v) is 7.15. The first-order valence-corrected chi connectivity index (χ1v) is 9.71. The summed E-state index contributed by atoms with van der Waals surface area (Å²) in [6.07, 6.45) is 5.17. The molecule has 0 spiro atoms. The van der Waals surface area contributed by atoms with Crippen molar-refractivity contribution >= 4 is 30.1 Å². The lowest BCUT2D eigenvalue weighted by Crippen LogP contribution is -2.41. The highest BCUT2D eigenvalue weighted by molar-refractivity contribution is 6.62. The van der Waals surface area contributed by atoms with Gasteiger partial charge in [-0.3, -0.25) is 14.5 Å². The average Bonchev–Trinajstić information content (AvgIpc) is 3.32. The Morgan fingerprint density at radius 2 is 1.37 bits per heavy atom. The van der Waals surface area contributed by atoms with E-state index in [1.807, 2.05) is 52.0 Å². The number of rotatable bonds is 2. The fourth-order valence-corrected chi connectivity index (χ4v) is 4.92. The van der Waals surface area contributed by atoms with E-state index in [9.17, 15) is 9.59 Å². The Morgan fingerprint density at radius 3 is 1.85 bits per heavy atom. The van der Waals surface area contributed by atoms with E-state index in [1.165, 1.54) is 4.90 Å². The molecule has 5 rings (SSSR count). The summed E-state index contributed by atoms with van der Waals surface area (Å²) in [5.41, 5.74) is 0.722. The van der Waals surface area contributed by atoms with Crippen LogP contribution >= 0.6 is 0 Å². The van der Waals surface area contributed by atoms with E-state index in [0.29, 0.717) is 5.69 Å². The second-order valence-electron chi connectivity index (χ2n) is 9.19. The van der Waals surface area contributed by atoms with Crippen LogP contribution in [0.5, 0.6) is 0 Å². The van der Waals surface area contributed by atoms with Gasteiger partial charge in [0.15, 0.2) is 0 Å². The van der Waals surface area contributed by atoms with Crippen LogP contribution in [0.15, 0.2) is 36.4 Å². The first-order valence-electron chi connectivity index (χ1n) is 9.71. The largest absolute Gasteiger partial charge is 0.494 e. The van der Waals surface area contributed by atoms with Crippen molar-refractivity contribution in [2.24, 2.45) is 23.7 Å². The highest BCUT2D eigenvalue weighted by Gasteiger charge is 2.59. The molecule has 1 saturated carbocycles. The maximum Gasteiger partial charge on any atom is 0.494 e. The van der Waals surface area contributed by atoms with Crippen molar-refractivity contribution in [1.82, 2.24) is 0 Å². The van der Waals surface area contributed by atoms with E-state index in [-0.39, 0.29) is 35.5 Å². The van der Waals surface area contributed by atoms with Crippen LogP contribution in [0.4, 0.5) is 5.69 Å². The van der Waals surface area contributed by atoms with E-state index < -0.39 is 18.3 Å². The number of anilines is 1. The number of hydrogen-bond acceptors (Lipinski definition) is 4. The molecule has 0 aromatic heterocycles. The fraction of sp³-hybridized carbons (Fsp3) is 0.524. The zero-order valence-electron chi connectivity index (χ0n) is 16.1. The summed E-state index contributed by atoms with van der Waals surface area (Å²) in [7, 11) is -0.451. The minimum atomic E-state index is -0.451. The zero-order valence-corrected chi connectivity index (χ0v) is 16.1. The molecular weight excluding hydrogens is 341 g/mol. The van der Waals surface area contributed by atoms with E-state index in [4.69, 9.17) is 9.31 Å². The quantitative estimate of drug-likeness (QED) is 0.459. The van der Waals surface area contributed by atoms with Crippen LogP contribution < -0.4 is 10.4 Å². The Hall–Kier alpha value is -1.92. The van der Waals surface area contributed by atoms with Crippen molar-refractivity contribution in [3.05, 3.63) is 36.4 Å². The Bertz CT molecular complexity index is 813. The first kappa shape index (κ1) is 17.2. The molecule has 6 heteroatoms. The predicted molar refractivity (Wildman–Crippen MR) is 102 cm³/mol. The Labute approximate surface area is 159 Å². The molecule has 2 saturated heterocycles. The van der Waals surface area contributed by atoms with Gasteiger partial charge in [-0.05, 0) is 63.5 Å². The molecule has 1 aromatic carbocycles. The maximum absolute atomic E-state index is 12.9. The van der Waals surface area contributed by atoms with Crippen molar-refractivity contribution in [3.8, 4) is 0 Å². The van der Waals surface area contributed by atoms with Crippen LogP contribution in [0.25, 0.3) is 0 Å². The van der Waals surface area contributed by atoms with Crippen LogP contribution in [0, 0.1) is 23.7 Å². The Morgan fingerprint density at radius 1 is 0.889 bits per heavy atom. The maximum atomic E-state index is 12.9. The van der Waals surface area contributed by atoms with E-state index in [2.05, 4.69) is 12.2 Å². The minimum Gasteiger partial charge on any atom is -0.399 e. The number of benzene rings is 1. The molecular formula is C21H24BNO4. The Kier molecular flexibility index (Phi) is 3.39. The first-order chi connectivity index (χ1) is 12.7. The molecule has 5 nitrogen and oxygen atoms in total. The van der Waals surface area contributed by atoms with Crippen LogP contribution in [0.1, 0.15) is 34.1 Å². The molecule has 4 aliphatic rings. The van der Waals surface area contributed by atoms with Crippen LogP contribution in [0.2, 0.25) is 0 Å². The highest BCUT2D eigenvalue weighted by atomic mass is 16.7. The van der Waals surface area contributed by atoms with Gasteiger partial charge in [0.05, 0.1) is 28.7 Å². The number of fused-ring (bicyclic) bond motifs is 5. The molecule has 2 heterocycles. The lowest BCUT2D eigenvalue weighted by atomic mass is 9.79. The standard InChI is InChI=1S/C21H24BNO4/c1-20(2)21(3,4)27-22(26-20)14-7-9-15(10-8-14)23-18(24)16-12-5-6-13(11-12)17(16)19(23)25/h5-10,12-13,16-17H,11H2,1-4H3/t12?,13?,16-,17+. The molecule has 140 valence electrons. The van der Waals surface area contributed by atoms with Crippen molar-refractivity contribution in [2.45, 2.75) is 45.3 Å². The number of nitrogens with zero attached hydrogens (tertiary/aromatic N) is 1. The summed E-state index contributed by atoms with van der Waals surface area (Å²) in [5.74, 6) is 0.0111. The normalized spacial score (nSPS) is 35.4. The SMILES string of the molecule is CC1(C)OB(c2ccc(N3C(=O)[C@@H]4C5C=CC(C5)[C@@H]4C3=O)cc2)OC1(C)C. The summed E-state index contributed by atoms with van der Waals surface area (Å²) in [4.78, 5) is 27.2. The van der Waals surface area contributed by atoms with Gasteiger partial charge in [0.25, 0.3) is 0 Å². The van der Waals surface area contributed by atoms with Crippen molar-refractivity contribution in [3.63, 3.8) is 0 Å². The molecule has 0 radical (unpaired) electrons. The number of imide groups is 1. The lowest BCUT2D eigenvalue weighted by molar-refractivity contribution is -0.123. The summed E-state index contributed by atoms with van der Waals surface area (Å²) >= 11 is 0. The molecule has 4 atom stereocenters. The third kappa shape index (κ3) is 2.26. The highest BCUT2D eigenvalue weighted by Crippen LogP contribution is 2.53. The number of allylic oxidation sites excluding steroid dienone is 2. The molecule has 0 N–H and O–H groups in total. The van der Waals surface area contributed by atoms with E-state index >= 15 is 0 Å². The molecule has 2 amide bonds. The van der Waals surface area contributed by atoms with Gasteiger partial charge in [-0.2, -0.15) is 0 Å². The zero-order chi connectivity index (χ0) is 19.1. The van der Waals surface area contributed by atoms with Gasteiger partial charge in [-0.1, -0.05) is 24.3 Å². The lowest BCUT2D eigenvalue weighted by Gasteiger charge is -2.32. The Balaban J connectivity index is 1.39. The number of carbonyl (C=O) groups excluding carboxylic acids is 2.